The van der Waals surface area contributed by atoms with Gasteiger partial charge in [0, 0.05) is 18.1 Å². The topological polar surface area (TPSA) is 39.9 Å². The Kier molecular flexibility index (Phi) is 2.88. The molecule has 0 spiro atoms. The molecule has 0 atom stereocenters. The van der Waals surface area contributed by atoms with E-state index in [2.05, 4.69) is 11.1 Å². The van der Waals surface area contributed by atoms with Gasteiger partial charge in [-0.25, -0.2) is 4.98 Å². The zero-order valence-corrected chi connectivity index (χ0v) is 9.95. The highest BCUT2D eigenvalue weighted by Crippen LogP contribution is 2.26. The van der Waals surface area contributed by atoms with Crippen LogP contribution in [0.1, 0.15) is 11.3 Å². The number of rotatable bonds is 2. The van der Waals surface area contributed by atoms with Crippen molar-refractivity contribution in [3.05, 3.63) is 40.9 Å². The highest BCUT2D eigenvalue weighted by molar-refractivity contribution is 7.13. The fourth-order valence-electron chi connectivity index (χ4n) is 1.37. The molecule has 0 N–H and O–H groups in total. The summed E-state index contributed by atoms with van der Waals surface area (Å²) in [7, 11) is 1.97. The van der Waals surface area contributed by atoms with Crippen molar-refractivity contribution in [2.45, 2.75) is 6.92 Å². The van der Waals surface area contributed by atoms with Gasteiger partial charge in [0.2, 0.25) is 0 Å². The van der Waals surface area contributed by atoms with Crippen molar-refractivity contribution >= 4 is 22.2 Å². The third-order valence-electron chi connectivity index (χ3n) is 2.28. The average molecular weight is 229 g/mol. The lowest BCUT2D eigenvalue weighted by Gasteiger charge is -2.15. The van der Waals surface area contributed by atoms with Crippen molar-refractivity contribution in [3.63, 3.8) is 0 Å². The van der Waals surface area contributed by atoms with Crippen LogP contribution in [-0.4, -0.2) is 12.0 Å². The number of nitrogens with zero attached hydrogens (tertiary/aromatic N) is 3. The molecule has 80 valence electrons. The van der Waals surface area contributed by atoms with Crippen molar-refractivity contribution in [1.29, 1.82) is 5.26 Å². The molecule has 0 amide bonds. The van der Waals surface area contributed by atoms with Crippen LogP contribution in [0.3, 0.4) is 0 Å². The summed E-state index contributed by atoms with van der Waals surface area (Å²) in [5, 5.41) is 11.7. The van der Waals surface area contributed by atoms with E-state index < -0.39 is 0 Å². The molecule has 1 heterocycles. The zero-order chi connectivity index (χ0) is 11.5. The van der Waals surface area contributed by atoms with Gasteiger partial charge in [-0.1, -0.05) is 0 Å². The normalized spacial score (nSPS) is 9.81. The first-order valence-corrected chi connectivity index (χ1v) is 5.74. The van der Waals surface area contributed by atoms with Crippen LogP contribution in [0.25, 0.3) is 0 Å². The van der Waals surface area contributed by atoms with E-state index in [0.717, 1.165) is 16.5 Å². The van der Waals surface area contributed by atoms with Gasteiger partial charge >= 0.3 is 0 Å². The van der Waals surface area contributed by atoms with Crippen molar-refractivity contribution in [1.82, 2.24) is 4.98 Å². The van der Waals surface area contributed by atoms with Crippen LogP contribution in [0.15, 0.2) is 29.6 Å². The summed E-state index contributed by atoms with van der Waals surface area (Å²) in [4.78, 5) is 6.42. The number of thiazole rings is 1. The second-order valence-corrected chi connectivity index (χ2v) is 4.33. The van der Waals surface area contributed by atoms with E-state index in [1.54, 1.807) is 11.3 Å². The second-order valence-electron chi connectivity index (χ2n) is 3.49. The van der Waals surface area contributed by atoms with Crippen LogP contribution in [0.2, 0.25) is 0 Å². The predicted molar refractivity (Wildman–Crippen MR) is 66.1 cm³/mol. The van der Waals surface area contributed by atoms with Crippen LogP contribution >= 0.6 is 11.3 Å². The third kappa shape index (κ3) is 2.05. The molecule has 0 saturated heterocycles. The van der Waals surface area contributed by atoms with Gasteiger partial charge < -0.3 is 4.90 Å². The minimum absolute atomic E-state index is 0.674. The molecule has 0 saturated carbocycles. The summed E-state index contributed by atoms with van der Waals surface area (Å²) in [6.07, 6.45) is 0. The Hall–Kier alpha value is -1.86. The maximum absolute atomic E-state index is 8.71. The lowest BCUT2D eigenvalue weighted by molar-refractivity contribution is 1.14. The van der Waals surface area contributed by atoms with Crippen LogP contribution in [-0.2, 0) is 0 Å². The number of anilines is 2. The van der Waals surface area contributed by atoms with Gasteiger partial charge in [0.25, 0.3) is 0 Å². The van der Waals surface area contributed by atoms with Gasteiger partial charge in [0.1, 0.15) is 0 Å². The number of nitriles is 1. The molecule has 2 aromatic rings. The Morgan fingerprint density at radius 1 is 1.31 bits per heavy atom. The van der Waals surface area contributed by atoms with Crippen LogP contribution in [0, 0.1) is 18.3 Å². The van der Waals surface area contributed by atoms with E-state index in [1.807, 2.05) is 48.5 Å². The molecule has 3 nitrogen and oxygen atoms in total. The second kappa shape index (κ2) is 4.33. The van der Waals surface area contributed by atoms with Gasteiger partial charge in [-0.05, 0) is 31.2 Å². The molecular weight excluding hydrogens is 218 g/mol. The Morgan fingerprint density at radius 3 is 2.50 bits per heavy atom. The smallest absolute Gasteiger partial charge is 0.189 e. The highest BCUT2D eigenvalue weighted by Gasteiger charge is 2.07. The average Bonchev–Trinajstić information content (AvgIpc) is 2.75. The van der Waals surface area contributed by atoms with Crippen molar-refractivity contribution in [2.75, 3.05) is 11.9 Å². The van der Waals surface area contributed by atoms with E-state index >= 15 is 0 Å². The molecule has 4 heteroatoms. The Balaban J connectivity index is 2.27. The number of aromatic nitrogens is 1. The van der Waals surface area contributed by atoms with Crippen molar-refractivity contribution < 1.29 is 0 Å². The summed E-state index contributed by atoms with van der Waals surface area (Å²) in [5.74, 6) is 0. The largest absolute Gasteiger partial charge is 0.321 e. The van der Waals surface area contributed by atoms with E-state index in [1.165, 1.54) is 0 Å². The third-order valence-corrected chi connectivity index (χ3v) is 3.31. The molecule has 0 aliphatic carbocycles. The SMILES string of the molecule is Cc1csc(N(C)c2ccc(C#N)cc2)n1. The standard InChI is InChI=1S/C12H11N3S/c1-9-8-16-12(14-9)15(2)11-5-3-10(7-13)4-6-11/h3-6,8H,1-2H3. The molecule has 0 radical (unpaired) electrons. The number of aryl methyl sites for hydroxylation is 1. The molecular formula is C12H11N3S. The van der Waals surface area contributed by atoms with Gasteiger partial charge in [0.15, 0.2) is 5.13 Å². The first-order valence-electron chi connectivity index (χ1n) is 4.87. The van der Waals surface area contributed by atoms with Gasteiger partial charge in [-0.2, -0.15) is 5.26 Å². The van der Waals surface area contributed by atoms with E-state index in [4.69, 9.17) is 5.26 Å². The summed E-state index contributed by atoms with van der Waals surface area (Å²) in [5.41, 5.74) is 2.74. The summed E-state index contributed by atoms with van der Waals surface area (Å²) < 4.78 is 0. The van der Waals surface area contributed by atoms with Crippen LogP contribution < -0.4 is 4.90 Å². The maximum atomic E-state index is 8.71. The summed E-state index contributed by atoms with van der Waals surface area (Å²) in [6, 6.07) is 9.58. The minimum atomic E-state index is 0.674. The highest BCUT2D eigenvalue weighted by atomic mass is 32.1. The minimum Gasteiger partial charge on any atom is -0.321 e. The van der Waals surface area contributed by atoms with Gasteiger partial charge in [-0.3, -0.25) is 0 Å². The zero-order valence-electron chi connectivity index (χ0n) is 9.14. The Morgan fingerprint density at radius 2 is 2.00 bits per heavy atom. The fraction of sp³-hybridized carbons (Fsp3) is 0.167. The molecule has 0 aliphatic heterocycles. The van der Waals surface area contributed by atoms with E-state index in [0.29, 0.717) is 5.56 Å². The van der Waals surface area contributed by atoms with E-state index in [-0.39, 0.29) is 0 Å². The summed E-state index contributed by atoms with van der Waals surface area (Å²) in [6.45, 7) is 1.98. The van der Waals surface area contributed by atoms with Crippen molar-refractivity contribution in [3.8, 4) is 6.07 Å². The predicted octanol–water partition coefficient (Wildman–Crippen LogP) is 3.09. The molecule has 0 aliphatic rings. The molecule has 0 unspecified atom stereocenters. The molecule has 2 rings (SSSR count). The van der Waals surface area contributed by atoms with Crippen LogP contribution in [0.4, 0.5) is 10.8 Å². The molecule has 1 aromatic heterocycles. The lowest BCUT2D eigenvalue weighted by Crippen LogP contribution is -2.08. The molecule has 1 aromatic carbocycles. The number of hydrogen-bond acceptors (Lipinski definition) is 4. The molecule has 16 heavy (non-hydrogen) atoms. The first kappa shape index (κ1) is 10.7. The lowest BCUT2D eigenvalue weighted by atomic mass is 10.2. The van der Waals surface area contributed by atoms with Crippen molar-refractivity contribution in [2.24, 2.45) is 0 Å². The maximum Gasteiger partial charge on any atom is 0.189 e. The quantitative estimate of drug-likeness (QED) is 0.794. The van der Waals surface area contributed by atoms with Crippen LogP contribution in [0.5, 0.6) is 0 Å². The van der Waals surface area contributed by atoms with E-state index in [9.17, 15) is 0 Å². The Labute approximate surface area is 98.6 Å². The number of hydrogen-bond donors (Lipinski definition) is 0. The number of benzene rings is 1. The first-order chi connectivity index (χ1) is 7.70. The fourth-order valence-corrected chi connectivity index (χ4v) is 2.15. The van der Waals surface area contributed by atoms with Gasteiger partial charge in [0.05, 0.1) is 17.3 Å². The summed E-state index contributed by atoms with van der Waals surface area (Å²) >= 11 is 1.61. The molecule has 0 bridgehead atoms. The monoisotopic (exact) mass is 229 g/mol. The molecule has 0 fully saturated rings. The van der Waals surface area contributed by atoms with Gasteiger partial charge in [-0.15, -0.1) is 11.3 Å². The Bertz CT molecular complexity index is 522.